The van der Waals surface area contributed by atoms with Crippen LogP contribution in [0.25, 0.3) is 4.96 Å². The van der Waals surface area contributed by atoms with Gasteiger partial charge in [-0.3, -0.25) is 10.1 Å². The lowest BCUT2D eigenvalue weighted by atomic mass is 10.00. The molecule has 9 heteroatoms. The van der Waals surface area contributed by atoms with Crippen molar-refractivity contribution in [1.82, 2.24) is 14.6 Å². The molecule has 4 rings (SSSR count). The van der Waals surface area contributed by atoms with Crippen molar-refractivity contribution in [2.75, 3.05) is 13.1 Å². The van der Waals surface area contributed by atoms with Gasteiger partial charge in [-0.1, -0.05) is 11.3 Å². The van der Waals surface area contributed by atoms with E-state index in [9.17, 15) is 15.2 Å². The number of non-ortho nitro benzene ring substituents is 1. The summed E-state index contributed by atoms with van der Waals surface area (Å²) in [6.45, 7) is 3.81. The number of likely N-dealkylation sites (tertiary alicyclic amines) is 1. The molecule has 1 aromatic carbocycles. The molecular formula is C17H20N5O3S+. The van der Waals surface area contributed by atoms with Crippen LogP contribution in [-0.4, -0.2) is 37.7 Å². The zero-order valence-electron chi connectivity index (χ0n) is 14.4. The minimum Gasteiger partial charge on any atom is -0.492 e. The molecule has 3 heterocycles. The quantitative estimate of drug-likeness (QED) is 0.537. The number of thiazole rings is 1. The number of aromatic nitrogens is 3. The summed E-state index contributed by atoms with van der Waals surface area (Å²) in [5.41, 5.74) is 1.03. The summed E-state index contributed by atoms with van der Waals surface area (Å²) in [4.78, 5) is 17.8. The summed E-state index contributed by atoms with van der Waals surface area (Å²) >= 11 is 1.44. The molecule has 1 atom stereocenters. The molecule has 26 heavy (non-hydrogen) atoms. The Labute approximate surface area is 153 Å². The summed E-state index contributed by atoms with van der Waals surface area (Å²) < 4.78 is 1.48. The normalized spacial score (nSPS) is 16.8. The number of hydrogen-bond acceptors (Lipinski definition) is 6. The van der Waals surface area contributed by atoms with Gasteiger partial charge in [-0.25, -0.2) is 4.98 Å². The molecule has 0 aliphatic carbocycles. The summed E-state index contributed by atoms with van der Waals surface area (Å²) in [5.74, 6) is 0.738. The molecule has 1 aliphatic heterocycles. The van der Waals surface area contributed by atoms with Gasteiger partial charge in [0, 0.05) is 17.7 Å². The zero-order chi connectivity index (χ0) is 18.3. The Balaban J connectivity index is 1.80. The number of nitro benzene ring substituents is 1. The average molecular weight is 374 g/mol. The van der Waals surface area contributed by atoms with Crippen molar-refractivity contribution in [3.05, 3.63) is 50.6 Å². The van der Waals surface area contributed by atoms with Crippen LogP contribution < -0.4 is 4.90 Å². The van der Waals surface area contributed by atoms with E-state index < -0.39 is 4.92 Å². The maximum atomic E-state index is 11.0. The fourth-order valence-electron chi connectivity index (χ4n) is 3.69. The number of hydrogen-bond donors (Lipinski definition) is 2. The first kappa shape index (κ1) is 16.9. The van der Waals surface area contributed by atoms with Gasteiger partial charge in [-0.15, -0.1) is 5.10 Å². The third-order valence-corrected chi connectivity index (χ3v) is 5.99. The molecule has 0 amide bonds. The Morgan fingerprint density at radius 2 is 1.96 bits per heavy atom. The minimum atomic E-state index is -0.393. The molecule has 0 radical (unpaired) electrons. The van der Waals surface area contributed by atoms with Crippen LogP contribution in [0.1, 0.15) is 41.6 Å². The highest BCUT2D eigenvalue weighted by atomic mass is 32.1. The fourth-order valence-corrected chi connectivity index (χ4v) is 4.88. The van der Waals surface area contributed by atoms with Crippen molar-refractivity contribution in [3.63, 3.8) is 0 Å². The van der Waals surface area contributed by atoms with Crippen LogP contribution in [0.3, 0.4) is 0 Å². The van der Waals surface area contributed by atoms with E-state index in [1.807, 2.05) is 0 Å². The largest absolute Gasteiger partial charge is 0.492 e. The van der Waals surface area contributed by atoms with Crippen LogP contribution in [0.4, 0.5) is 5.69 Å². The maximum absolute atomic E-state index is 11.0. The third kappa shape index (κ3) is 2.93. The van der Waals surface area contributed by atoms with E-state index in [1.54, 1.807) is 19.1 Å². The molecule has 3 aromatic rings. The number of nitrogens with one attached hydrogen (secondary N) is 1. The molecule has 1 saturated heterocycles. The molecule has 1 aliphatic rings. The van der Waals surface area contributed by atoms with Crippen LogP contribution in [-0.2, 0) is 0 Å². The Bertz CT molecular complexity index is 943. The predicted molar refractivity (Wildman–Crippen MR) is 96.8 cm³/mol. The van der Waals surface area contributed by atoms with Crippen molar-refractivity contribution in [2.45, 2.75) is 32.2 Å². The number of rotatable bonds is 4. The van der Waals surface area contributed by atoms with Gasteiger partial charge in [0.05, 0.1) is 18.0 Å². The molecular weight excluding hydrogens is 354 g/mol. The maximum Gasteiger partial charge on any atom is 0.269 e. The Morgan fingerprint density at radius 3 is 2.58 bits per heavy atom. The van der Waals surface area contributed by atoms with E-state index >= 15 is 0 Å². The van der Waals surface area contributed by atoms with Gasteiger partial charge < -0.3 is 10.0 Å². The number of aromatic hydroxyl groups is 1. The first-order valence-corrected chi connectivity index (χ1v) is 9.50. The van der Waals surface area contributed by atoms with E-state index in [0.29, 0.717) is 10.8 Å². The van der Waals surface area contributed by atoms with Crippen LogP contribution in [0, 0.1) is 17.0 Å². The number of nitro groups is 1. The van der Waals surface area contributed by atoms with Gasteiger partial charge >= 0.3 is 0 Å². The number of quaternary nitrogens is 1. The molecule has 0 bridgehead atoms. The van der Waals surface area contributed by atoms with Gasteiger partial charge in [0.1, 0.15) is 10.7 Å². The first-order valence-electron chi connectivity index (χ1n) is 8.68. The highest BCUT2D eigenvalue weighted by Crippen LogP contribution is 2.35. The van der Waals surface area contributed by atoms with Crippen molar-refractivity contribution in [1.29, 1.82) is 0 Å². The molecule has 1 fully saturated rings. The van der Waals surface area contributed by atoms with E-state index in [-0.39, 0.29) is 17.6 Å². The Kier molecular flexibility index (Phi) is 4.33. The molecule has 0 unspecified atom stereocenters. The summed E-state index contributed by atoms with van der Waals surface area (Å²) in [6, 6.07) is 6.58. The topological polar surface area (TPSA) is 98.0 Å². The summed E-state index contributed by atoms with van der Waals surface area (Å²) in [5, 5.41) is 26.0. The van der Waals surface area contributed by atoms with E-state index in [4.69, 9.17) is 0 Å². The Hall–Kier alpha value is -2.52. The van der Waals surface area contributed by atoms with Crippen molar-refractivity contribution in [3.8, 4) is 5.88 Å². The second kappa shape index (κ2) is 6.65. The van der Waals surface area contributed by atoms with Gasteiger partial charge in [0.2, 0.25) is 10.8 Å². The van der Waals surface area contributed by atoms with Crippen LogP contribution in [0.2, 0.25) is 0 Å². The van der Waals surface area contributed by atoms with E-state index in [0.717, 1.165) is 36.4 Å². The van der Waals surface area contributed by atoms with Crippen molar-refractivity contribution in [2.24, 2.45) is 0 Å². The first-order chi connectivity index (χ1) is 12.5. The summed E-state index contributed by atoms with van der Waals surface area (Å²) in [6.07, 6.45) is 3.50. The molecule has 8 nitrogen and oxygen atoms in total. The van der Waals surface area contributed by atoms with Gasteiger partial charge in [0.25, 0.3) is 5.69 Å². The molecule has 2 aromatic heterocycles. The lowest BCUT2D eigenvalue weighted by Crippen LogP contribution is -3.13. The number of benzene rings is 1. The molecule has 2 N–H and O–H groups in total. The van der Waals surface area contributed by atoms with E-state index in [1.165, 1.54) is 39.3 Å². The SMILES string of the molecule is Cc1nc2sc([C@@H](c3ccc([N+](=O)[O-])cc3)[NH+]3CCCCC3)c(O)n2n1. The van der Waals surface area contributed by atoms with Crippen LogP contribution in [0.15, 0.2) is 24.3 Å². The highest BCUT2D eigenvalue weighted by Gasteiger charge is 2.33. The molecule has 0 spiro atoms. The number of aryl methyl sites for hydroxylation is 1. The predicted octanol–water partition coefficient (Wildman–Crippen LogP) is 1.87. The smallest absolute Gasteiger partial charge is 0.269 e. The zero-order valence-corrected chi connectivity index (χ0v) is 15.2. The van der Waals surface area contributed by atoms with E-state index in [2.05, 4.69) is 10.1 Å². The van der Waals surface area contributed by atoms with Gasteiger partial charge in [-0.2, -0.15) is 4.52 Å². The highest BCUT2D eigenvalue weighted by molar-refractivity contribution is 7.17. The molecule has 136 valence electrons. The van der Waals surface area contributed by atoms with Gasteiger partial charge in [0.15, 0.2) is 6.04 Å². The summed E-state index contributed by atoms with van der Waals surface area (Å²) in [7, 11) is 0. The standard InChI is InChI=1S/C17H19N5O3S/c1-11-18-17-21(19-11)16(23)15(26-17)14(20-9-3-2-4-10-20)12-5-7-13(8-6-12)22(24)25/h5-8,14,23H,2-4,9-10H2,1H3/p+1/t14-/m1/s1. The second-order valence-electron chi connectivity index (χ2n) is 6.64. The van der Waals surface area contributed by atoms with Crippen LogP contribution in [0.5, 0.6) is 5.88 Å². The monoisotopic (exact) mass is 374 g/mol. The number of fused-ring (bicyclic) bond motifs is 1. The molecule has 0 saturated carbocycles. The Morgan fingerprint density at radius 1 is 1.27 bits per heavy atom. The van der Waals surface area contributed by atoms with Crippen molar-refractivity contribution >= 4 is 22.0 Å². The van der Waals surface area contributed by atoms with Crippen molar-refractivity contribution < 1.29 is 14.9 Å². The third-order valence-electron chi connectivity index (χ3n) is 4.91. The van der Waals surface area contributed by atoms with Gasteiger partial charge in [-0.05, 0) is 38.3 Å². The second-order valence-corrected chi connectivity index (χ2v) is 7.65. The lowest BCUT2D eigenvalue weighted by molar-refractivity contribution is -0.929. The minimum absolute atomic E-state index is 0.0728. The number of piperidine rings is 1. The average Bonchev–Trinajstić information content (AvgIpc) is 3.14. The van der Waals surface area contributed by atoms with Crippen LogP contribution >= 0.6 is 11.3 Å². The fraction of sp³-hybridized carbons (Fsp3) is 0.412. The lowest BCUT2D eigenvalue weighted by Gasteiger charge is -2.31. The number of nitrogens with zero attached hydrogens (tertiary/aromatic N) is 4.